The molecular weight excluding hydrogens is 290 g/mol. The van der Waals surface area contributed by atoms with E-state index >= 15 is 0 Å². The third-order valence-corrected chi connectivity index (χ3v) is 4.35. The van der Waals surface area contributed by atoms with E-state index in [2.05, 4.69) is 10.6 Å². The predicted octanol–water partition coefficient (Wildman–Crippen LogP) is 2.60. The summed E-state index contributed by atoms with van der Waals surface area (Å²) in [5.74, 6) is -3.04. The minimum Gasteiger partial charge on any atom is -0.353 e. The van der Waals surface area contributed by atoms with E-state index in [0.717, 1.165) is 37.8 Å². The van der Waals surface area contributed by atoms with Crippen LogP contribution in [0, 0.1) is 23.5 Å². The van der Waals surface area contributed by atoms with Crippen molar-refractivity contribution < 1.29 is 18.4 Å². The van der Waals surface area contributed by atoms with Crippen molar-refractivity contribution in [2.75, 3.05) is 5.32 Å². The lowest BCUT2D eigenvalue weighted by Gasteiger charge is -2.11. The Morgan fingerprint density at radius 1 is 1.00 bits per heavy atom. The van der Waals surface area contributed by atoms with Gasteiger partial charge in [-0.15, -0.1) is 0 Å². The van der Waals surface area contributed by atoms with Gasteiger partial charge >= 0.3 is 0 Å². The van der Waals surface area contributed by atoms with Crippen LogP contribution in [0.4, 0.5) is 14.5 Å². The Bertz CT molecular complexity index is 600. The quantitative estimate of drug-likeness (QED) is 0.898. The molecular formula is C16H18F2N2O2. The van der Waals surface area contributed by atoms with Crippen LogP contribution in [0.1, 0.15) is 32.1 Å². The molecule has 0 bridgehead atoms. The average molecular weight is 308 g/mol. The summed E-state index contributed by atoms with van der Waals surface area (Å²) < 4.78 is 25.9. The highest BCUT2D eigenvalue weighted by atomic mass is 19.2. The van der Waals surface area contributed by atoms with Gasteiger partial charge in [0.1, 0.15) is 0 Å². The molecule has 0 heterocycles. The molecule has 118 valence electrons. The van der Waals surface area contributed by atoms with Crippen LogP contribution in [-0.2, 0) is 9.59 Å². The van der Waals surface area contributed by atoms with Gasteiger partial charge in [0.05, 0.1) is 11.8 Å². The van der Waals surface area contributed by atoms with E-state index in [0.29, 0.717) is 6.42 Å². The zero-order chi connectivity index (χ0) is 15.7. The van der Waals surface area contributed by atoms with Crippen LogP contribution >= 0.6 is 0 Å². The maximum absolute atomic E-state index is 13.1. The second kappa shape index (κ2) is 6.02. The Hall–Kier alpha value is -1.98. The highest BCUT2D eigenvalue weighted by Gasteiger charge is 2.48. The van der Waals surface area contributed by atoms with Gasteiger partial charge in [0, 0.05) is 17.8 Å². The molecule has 0 aromatic heterocycles. The molecule has 4 nitrogen and oxygen atoms in total. The number of hydrogen-bond acceptors (Lipinski definition) is 2. The Morgan fingerprint density at radius 2 is 1.68 bits per heavy atom. The van der Waals surface area contributed by atoms with Crippen molar-refractivity contribution in [3.63, 3.8) is 0 Å². The number of nitrogens with one attached hydrogen (secondary N) is 2. The van der Waals surface area contributed by atoms with Crippen molar-refractivity contribution in [3.8, 4) is 0 Å². The number of rotatable bonds is 4. The third-order valence-electron chi connectivity index (χ3n) is 4.35. The molecule has 1 aromatic carbocycles. The van der Waals surface area contributed by atoms with Crippen molar-refractivity contribution >= 4 is 17.5 Å². The standard InChI is InChI=1S/C16H18F2N2O2/c17-13-6-5-10(7-14(13)18)20-16(22)12-8-11(12)15(21)19-9-3-1-2-4-9/h5-7,9,11-12H,1-4,8H2,(H,19,21)(H,20,22). The van der Waals surface area contributed by atoms with Gasteiger partial charge in [0.2, 0.25) is 11.8 Å². The van der Waals surface area contributed by atoms with Gasteiger partial charge in [-0.25, -0.2) is 8.78 Å². The van der Waals surface area contributed by atoms with Crippen molar-refractivity contribution in [2.24, 2.45) is 11.8 Å². The van der Waals surface area contributed by atoms with E-state index in [9.17, 15) is 18.4 Å². The third kappa shape index (κ3) is 3.26. The van der Waals surface area contributed by atoms with Gasteiger partial charge in [-0.3, -0.25) is 9.59 Å². The Labute approximate surface area is 127 Å². The minimum atomic E-state index is -1.01. The first-order valence-corrected chi connectivity index (χ1v) is 7.61. The molecule has 2 N–H and O–H groups in total. The normalized spacial score (nSPS) is 24.1. The summed E-state index contributed by atoms with van der Waals surface area (Å²) in [6, 6.07) is 3.43. The number of amides is 2. The molecule has 3 rings (SSSR count). The molecule has 1 aromatic rings. The van der Waals surface area contributed by atoms with Gasteiger partial charge in [0.15, 0.2) is 11.6 Å². The zero-order valence-corrected chi connectivity index (χ0v) is 12.1. The molecule has 2 fully saturated rings. The maximum atomic E-state index is 13.1. The fourth-order valence-electron chi connectivity index (χ4n) is 2.96. The van der Waals surface area contributed by atoms with E-state index < -0.39 is 11.6 Å². The van der Waals surface area contributed by atoms with E-state index in [-0.39, 0.29) is 35.4 Å². The molecule has 0 radical (unpaired) electrons. The Balaban J connectivity index is 1.51. The average Bonchev–Trinajstić information content (AvgIpc) is 3.14. The van der Waals surface area contributed by atoms with Crippen molar-refractivity contribution in [3.05, 3.63) is 29.8 Å². The smallest absolute Gasteiger partial charge is 0.228 e. The fourth-order valence-corrected chi connectivity index (χ4v) is 2.96. The molecule has 2 aliphatic rings. The largest absolute Gasteiger partial charge is 0.353 e. The molecule has 22 heavy (non-hydrogen) atoms. The lowest BCUT2D eigenvalue weighted by Crippen LogP contribution is -2.34. The summed E-state index contributed by atoms with van der Waals surface area (Å²) in [6.45, 7) is 0. The zero-order valence-electron chi connectivity index (χ0n) is 12.1. The topological polar surface area (TPSA) is 58.2 Å². The molecule has 2 amide bonds. The number of carbonyl (C=O) groups is 2. The lowest BCUT2D eigenvalue weighted by atomic mass is 10.2. The summed E-state index contributed by atoms with van der Waals surface area (Å²) >= 11 is 0. The van der Waals surface area contributed by atoms with Gasteiger partial charge < -0.3 is 10.6 Å². The van der Waals surface area contributed by atoms with E-state index in [4.69, 9.17) is 0 Å². The Kier molecular flexibility index (Phi) is 4.09. The molecule has 6 heteroatoms. The maximum Gasteiger partial charge on any atom is 0.228 e. The van der Waals surface area contributed by atoms with Crippen LogP contribution in [0.5, 0.6) is 0 Å². The van der Waals surface area contributed by atoms with Crippen molar-refractivity contribution in [2.45, 2.75) is 38.1 Å². The van der Waals surface area contributed by atoms with E-state index in [1.807, 2.05) is 0 Å². The second-order valence-electron chi connectivity index (χ2n) is 6.06. The molecule has 0 saturated heterocycles. The molecule has 2 unspecified atom stereocenters. The second-order valence-corrected chi connectivity index (χ2v) is 6.06. The molecule has 2 atom stereocenters. The molecule has 2 saturated carbocycles. The van der Waals surface area contributed by atoms with Gasteiger partial charge in [0.25, 0.3) is 0 Å². The van der Waals surface area contributed by atoms with Crippen LogP contribution in [0.25, 0.3) is 0 Å². The number of anilines is 1. The molecule has 0 aliphatic heterocycles. The van der Waals surface area contributed by atoms with Gasteiger partial charge in [-0.2, -0.15) is 0 Å². The van der Waals surface area contributed by atoms with E-state index in [1.54, 1.807) is 0 Å². The highest BCUT2D eigenvalue weighted by Crippen LogP contribution is 2.40. The number of carbonyl (C=O) groups excluding carboxylic acids is 2. The first kappa shape index (κ1) is 14.9. The lowest BCUT2D eigenvalue weighted by molar-refractivity contribution is -0.125. The van der Waals surface area contributed by atoms with Crippen LogP contribution in [0.2, 0.25) is 0 Å². The molecule has 0 spiro atoms. The number of hydrogen-bond donors (Lipinski definition) is 2. The monoisotopic (exact) mass is 308 g/mol. The van der Waals surface area contributed by atoms with Crippen molar-refractivity contribution in [1.29, 1.82) is 0 Å². The van der Waals surface area contributed by atoms with Crippen LogP contribution in [-0.4, -0.2) is 17.9 Å². The summed E-state index contributed by atoms with van der Waals surface area (Å²) in [4.78, 5) is 24.0. The van der Waals surface area contributed by atoms with Gasteiger partial charge in [-0.05, 0) is 31.4 Å². The van der Waals surface area contributed by atoms with Crippen LogP contribution in [0.15, 0.2) is 18.2 Å². The van der Waals surface area contributed by atoms with Crippen molar-refractivity contribution in [1.82, 2.24) is 5.32 Å². The SMILES string of the molecule is O=C(Nc1ccc(F)c(F)c1)C1CC1C(=O)NC1CCCC1. The summed E-state index contributed by atoms with van der Waals surface area (Å²) in [6.07, 6.45) is 4.79. The van der Waals surface area contributed by atoms with Crippen LogP contribution < -0.4 is 10.6 Å². The van der Waals surface area contributed by atoms with Crippen LogP contribution in [0.3, 0.4) is 0 Å². The number of halogens is 2. The minimum absolute atomic E-state index is 0.0719. The summed E-state index contributed by atoms with van der Waals surface area (Å²) in [5.41, 5.74) is 0.200. The highest BCUT2D eigenvalue weighted by molar-refractivity contribution is 5.99. The summed E-state index contributed by atoms with van der Waals surface area (Å²) in [7, 11) is 0. The fraction of sp³-hybridized carbons (Fsp3) is 0.500. The first-order chi connectivity index (χ1) is 10.5. The molecule has 2 aliphatic carbocycles. The Morgan fingerprint density at radius 3 is 2.36 bits per heavy atom. The summed E-state index contributed by atoms with van der Waals surface area (Å²) in [5, 5.41) is 5.50. The first-order valence-electron chi connectivity index (χ1n) is 7.61. The predicted molar refractivity (Wildman–Crippen MR) is 77.0 cm³/mol. The van der Waals surface area contributed by atoms with E-state index in [1.165, 1.54) is 6.07 Å². The van der Waals surface area contributed by atoms with Gasteiger partial charge in [-0.1, -0.05) is 12.8 Å². The number of benzene rings is 1.